The van der Waals surface area contributed by atoms with Crippen molar-refractivity contribution < 1.29 is 4.39 Å². The van der Waals surface area contributed by atoms with E-state index >= 15 is 0 Å². The van der Waals surface area contributed by atoms with Crippen molar-refractivity contribution in [1.29, 1.82) is 0 Å². The number of aromatic nitrogens is 1. The molecule has 0 aliphatic heterocycles. The van der Waals surface area contributed by atoms with Gasteiger partial charge in [-0.15, -0.1) is 11.3 Å². The van der Waals surface area contributed by atoms with Crippen molar-refractivity contribution in [3.8, 4) is 11.3 Å². The van der Waals surface area contributed by atoms with Crippen molar-refractivity contribution in [2.45, 2.75) is 20.8 Å². The minimum atomic E-state index is -0.209. The number of nitrogens with zero attached hydrogens (tertiary/aromatic N) is 1. The lowest BCUT2D eigenvalue weighted by Crippen LogP contribution is -1.92. The highest BCUT2D eigenvalue weighted by Crippen LogP contribution is 2.33. The van der Waals surface area contributed by atoms with Gasteiger partial charge in [-0.05, 0) is 44.0 Å². The zero-order chi connectivity index (χ0) is 11.9. The average Bonchev–Trinajstić information content (AvgIpc) is 2.43. The largest absolute Gasteiger partial charge is 0.375 e. The first-order valence-electron chi connectivity index (χ1n) is 4.99. The lowest BCUT2D eigenvalue weighted by molar-refractivity contribution is 0.625. The van der Waals surface area contributed by atoms with Crippen molar-refractivity contribution in [3.63, 3.8) is 0 Å². The third-order valence-electron chi connectivity index (χ3n) is 2.55. The van der Waals surface area contributed by atoms with Crippen LogP contribution >= 0.6 is 11.3 Å². The second-order valence-electron chi connectivity index (χ2n) is 3.87. The van der Waals surface area contributed by atoms with Gasteiger partial charge in [0.2, 0.25) is 0 Å². The Labute approximate surface area is 97.9 Å². The van der Waals surface area contributed by atoms with Gasteiger partial charge in [-0.1, -0.05) is 0 Å². The SMILES string of the molecule is Cc1cc(F)cc(C)c1-c1nc(N)sc1C. The first-order chi connectivity index (χ1) is 7.49. The normalized spacial score (nSPS) is 10.8. The van der Waals surface area contributed by atoms with Gasteiger partial charge in [0.15, 0.2) is 5.13 Å². The van der Waals surface area contributed by atoms with Crippen molar-refractivity contribution in [3.05, 3.63) is 34.0 Å². The highest BCUT2D eigenvalue weighted by molar-refractivity contribution is 7.15. The van der Waals surface area contributed by atoms with Crippen LogP contribution in [0.2, 0.25) is 0 Å². The number of nitrogen functional groups attached to an aromatic ring is 1. The van der Waals surface area contributed by atoms with Gasteiger partial charge >= 0.3 is 0 Å². The summed E-state index contributed by atoms with van der Waals surface area (Å²) in [5.74, 6) is -0.209. The van der Waals surface area contributed by atoms with Crippen LogP contribution in [0.1, 0.15) is 16.0 Å². The molecule has 84 valence electrons. The van der Waals surface area contributed by atoms with E-state index < -0.39 is 0 Å². The van der Waals surface area contributed by atoms with E-state index in [1.807, 2.05) is 20.8 Å². The molecule has 1 aromatic carbocycles. The highest BCUT2D eigenvalue weighted by Gasteiger charge is 2.13. The van der Waals surface area contributed by atoms with Gasteiger partial charge in [-0.3, -0.25) is 0 Å². The van der Waals surface area contributed by atoms with Crippen LogP contribution in [0.15, 0.2) is 12.1 Å². The Morgan fingerprint density at radius 2 is 1.75 bits per heavy atom. The number of hydrogen-bond acceptors (Lipinski definition) is 3. The summed E-state index contributed by atoms with van der Waals surface area (Å²) < 4.78 is 13.2. The molecule has 1 aromatic heterocycles. The third-order valence-corrected chi connectivity index (χ3v) is 3.35. The summed E-state index contributed by atoms with van der Waals surface area (Å²) in [7, 11) is 0. The fraction of sp³-hybridized carbons (Fsp3) is 0.250. The molecule has 0 aliphatic carbocycles. The summed E-state index contributed by atoms with van der Waals surface area (Å²) in [6.45, 7) is 5.76. The molecular formula is C12H13FN2S. The maximum Gasteiger partial charge on any atom is 0.180 e. The summed E-state index contributed by atoms with van der Waals surface area (Å²) >= 11 is 1.46. The number of hydrogen-bond donors (Lipinski definition) is 1. The van der Waals surface area contributed by atoms with E-state index in [9.17, 15) is 4.39 Å². The number of aryl methyl sites for hydroxylation is 3. The van der Waals surface area contributed by atoms with Crippen LogP contribution in [-0.4, -0.2) is 4.98 Å². The molecule has 0 aliphatic rings. The van der Waals surface area contributed by atoms with Crippen LogP contribution in [0.4, 0.5) is 9.52 Å². The van der Waals surface area contributed by atoms with Gasteiger partial charge in [-0.2, -0.15) is 0 Å². The molecule has 0 bridgehead atoms. The second kappa shape index (κ2) is 3.87. The molecule has 0 amide bonds. The van der Waals surface area contributed by atoms with Crippen LogP contribution in [-0.2, 0) is 0 Å². The van der Waals surface area contributed by atoms with E-state index in [1.165, 1.54) is 23.5 Å². The van der Waals surface area contributed by atoms with Gasteiger partial charge in [0.05, 0.1) is 5.69 Å². The lowest BCUT2D eigenvalue weighted by atomic mass is 9.99. The molecule has 0 radical (unpaired) electrons. The summed E-state index contributed by atoms with van der Waals surface area (Å²) in [5.41, 5.74) is 9.33. The predicted octanol–water partition coefficient (Wildman–Crippen LogP) is 3.46. The zero-order valence-corrected chi connectivity index (χ0v) is 10.3. The van der Waals surface area contributed by atoms with E-state index in [2.05, 4.69) is 4.98 Å². The Balaban J connectivity index is 2.69. The maximum absolute atomic E-state index is 13.2. The Kier molecular flexibility index (Phi) is 2.68. The molecule has 4 heteroatoms. The maximum atomic E-state index is 13.2. The van der Waals surface area contributed by atoms with Crippen LogP contribution in [0.5, 0.6) is 0 Å². The van der Waals surface area contributed by atoms with E-state index in [4.69, 9.17) is 5.73 Å². The Bertz CT molecular complexity index is 523. The van der Waals surface area contributed by atoms with Gasteiger partial charge in [0.25, 0.3) is 0 Å². The molecular weight excluding hydrogens is 223 g/mol. The Hall–Kier alpha value is -1.42. The van der Waals surface area contributed by atoms with Gasteiger partial charge in [-0.25, -0.2) is 9.37 Å². The fourth-order valence-corrected chi connectivity index (χ4v) is 2.63. The summed E-state index contributed by atoms with van der Waals surface area (Å²) in [6.07, 6.45) is 0. The first kappa shape index (κ1) is 11.1. The monoisotopic (exact) mass is 236 g/mol. The molecule has 0 unspecified atom stereocenters. The molecule has 0 atom stereocenters. The summed E-state index contributed by atoms with van der Waals surface area (Å²) in [4.78, 5) is 5.37. The molecule has 16 heavy (non-hydrogen) atoms. The van der Waals surface area contributed by atoms with Crippen LogP contribution in [0, 0.1) is 26.6 Å². The van der Waals surface area contributed by atoms with Crippen molar-refractivity contribution >= 4 is 16.5 Å². The van der Waals surface area contributed by atoms with Crippen molar-refractivity contribution in [1.82, 2.24) is 4.98 Å². The fourth-order valence-electron chi connectivity index (χ4n) is 1.93. The quantitative estimate of drug-likeness (QED) is 0.823. The number of thiazole rings is 1. The Morgan fingerprint density at radius 3 is 2.19 bits per heavy atom. The molecule has 0 fully saturated rings. The number of rotatable bonds is 1. The Morgan fingerprint density at radius 1 is 1.19 bits per heavy atom. The molecule has 0 saturated heterocycles. The van der Waals surface area contributed by atoms with Crippen LogP contribution in [0.3, 0.4) is 0 Å². The first-order valence-corrected chi connectivity index (χ1v) is 5.80. The molecule has 0 spiro atoms. The predicted molar refractivity (Wildman–Crippen MR) is 66.1 cm³/mol. The highest BCUT2D eigenvalue weighted by atomic mass is 32.1. The number of benzene rings is 1. The van der Waals surface area contributed by atoms with Crippen LogP contribution in [0.25, 0.3) is 11.3 Å². The summed E-state index contributed by atoms with van der Waals surface area (Å²) in [6, 6.07) is 3.05. The third kappa shape index (κ3) is 1.80. The van der Waals surface area contributed by atoms with E-state index in [1.54, 1.807) is 0 Å². The van der Waals surface area contributed by atoms with E-state index in [0.29, 0.717) is 5.13 Å². The van der Waals surface area contributed by atoms with Crippen LogP contribution < -0.4 is 5.73 Å². The topological polar surface area (TPSA) is 38.9 Å². The lowest BCUT2D eigenvalue weighted by Gasteiger charge is -2.08. The standard InChI is InChI=1S/C12H13FN2S/c1-6-4-9(13)5-7(2)10(6)11-8(3)16-12(14)15-11/h4-5H,1-3H3,(H2,14,15). The molecule has 0 saturated carbocycles. The zero-order valence-electron chi connectivity index (χ0n) is 9.47. The van der Waals surface area contributed by atoms with Crippen molar-refractivity contribution in [2.24, 2.45) is 0 Å². The minimum absolute atomic E-state index is 0.209. The molecule has 2 aromatic rings. The van der Waals surface area contributed by atoms with Gasteiger partial charge < -0.3 is 5.73 Å². The van der Waals surface area contributed by atoms with E-state index in [0.717, 1.165) is 27.3 Å². The van der Waals surface area contributed by atoms with Gasteiger partial charge in [0, 0.05) is 10.4 Å². The van der Waals surface area contributed by atoms with E-state index in [-0.39, 0.29) is 5.82 Å². The molecule has 2 rings (SSSR count). The number of halogens is 1. The minimum Gasteiger partial charge on any atom is -0.375 e. The van der Waals surface area contributed by atoms with Crippen molar-refractivity contribution in [2.75, 3.05) is 5.73 Å². The smallest absolute Gasteiger partial charge is 0.180 e. The second-order valence-corrected chi connectivity index (χ2v) is 5.11. The summed E-state index contributed by atoms with van der Waals surface area (Å²) in [5, 5.41) is 0.552. The molecule has 2 N–H and O–H groups in total. The van der Waals surface area contributed by atoms with Gasteiger partial charge in [0.1, 0.15) is 5.82 Å². The molecule has 2 nitrogen and oxygen atoms in total. The number of nitrogens with two attached hydrogens (primary N) is 1. The number of anilines is 1. The average molecular weight is 236 g/mol. The molecule has 1 heterocycles.